The van der Waals surface area contributed by atoms with Crippen LogP contribution in [-0.4, -0.2) is 56.8 Å². The summed E-state index contributed by atoms with van der Waals surface area (Å²) < 4.78 is 31.8. The molecule has 0 spiro atoms. The Balaban J connectivity index is 1.62. The maximum atomic E-state index is 12.7. The van der Waals surface area contributed by atoms with Crippen LogP contribution < -0.4 is 5.32 Å². The molecule has 1 N–H and O–H groups in total. The summed E-state index contributed by atoms with van der Waals surface area (Å²) in [4.78, 5) is 14.2. The number of hydrogen-bond donors (Lipinski definition) is 1. The smallest absolute Gasteiger partial charge is 0.287 e. The van der Waals surface area contributed by atoms with Crippen LogP contribution in [0.1, 0.15) is 16.1 Å². The van der Waals surface area contributed by atoms with Crippen LogP contribution >= 0.6 is 0 Å². The Labute approximate surface area is 147 Å². The summed E-state index contributed by atoms with van der Waals surface area (Å²) in [7, 11) is -1.48. The number of sulfonamides is 1. The van der Waals surface area contributed by atoms with E-state index in [2.05, 4.69) is 10.2 Å². The zero-order valence-corrected chi connectivity index (χ0v) is 14.8. The van der Waals surface area contributed by atoms with Gasteiger partial charge in [-0.15, -0.1) is 0 Å². The highest BCUT2D eigenvalue weighted by molar-refractivity contribution is 7.89. The SMILES string of the molecule is CN1CCN(S(=O)(=O)c2ccc(CNC(=O)c3ccco3)cc2)CC1. The van der Waals surface area contributed by atoms with Crippen molar-refractivity contribution in [3.8, 4) is 0 Å². The van der Waals surface area contributed by atoms with Crippen molar-refractivity contribution in [3.63, 3.8) is 0 Å². The molecule has 1 amide bonds. The number of rotatable bonds is 5. The molecule has 3 rings (SSSR count). The van der Waals surface area contributed by atoms with Crippen molar-refractivity contribution in [2.75, 3.05) is 33.2 Å². The minimum Gasteiger partial charge on any atom is -0.459 e. The predicted molar refractivity (Wildman–Crippen MR) is 92.6 cm³/mol. The first-order chi connectivity index (χ1) is 12.0. The number of carbonyl (C=O) groups excluding carboxylic acids is 1. The maximum Gasteiger partial charge on any atom is 0.287 e. The molecule has 7 nitrogen and oxygen atoms in total. The molecule has 0 radical (unpaired) electrons. The van der Waals surface area contributed by atoms with E-state index in [0.29, 0.717) is 19.6 Å². The molecule has 0 saturated carbocycles. The maximum absolute atomic E-state index is 12.7. The zero-order valence-electron chi connectivity index (χ0n) is 14.0. The lowest BCUT2D eigenvalue weighted by Gasteiger charge is -2.31. The number of nitrogens with zero attached hydrogens (tertiary/aromatic N) is 2. The number of hydrogen-bond acceptors (Lipinski definition) is 5. The van der Waals surface area contributed by atoms with Crippen molar-refractivity contribution in [2.45, 2.75) is 11.4 Å². The second-order valence-electron chi connectivity index (χ2n) is 6.01. The van der Waals surface area contributed by atoms with Crippen LogP contribution in [0.4, 0.5) is 0 Å². The van der Waals surface area contributed by atoms with E-state index in [1.807, 2.05) is 7.05 Å². The van der Waals surface area contributed by atoms with Gasteiger partial charge < -0.3 is 14.6 Å². The first-order valence-electron chi connectivity index (χ1n) is 8.06. The van der Waals surface area contributed by atoms with Crippen LogP contribution in [0, 0.1) is 0 Å². The Morgan fingerprint density at radius 3 is 2.40 bits per heavy atom. The lowest BCUT2D eigenvalue weighted by Crippen LogP contribution is -2.47. The summed E-state index contributed by atoms with van der Waals surface area (Å²) in [6.45, 7) is 2.76. The largest absolute Gasteiger partial charge is 0.459 e. The van der Waals surface area contributed by atoms with Gasteiger partial charge in [-0.3, -0.25) is 4.79 Å². The molecule has 2 aromatic rings. The Kier molecular flexibility index (Phi) is 5.22. The van der Waals surface area contributed by atoms with Gasteiger partial charge in [0.05, 0.1) is 11.2 Å². The van der Waals surface area contributed by atoms with Gasteiger partial charge >= 0.3 is 0 Å². The molecule has 8 heteroatoms. The van der Waals surface area contributed by atoms with Crippen LogP contribution in [0.3, 0.4) is 0 Å². The zero-order chi connectivity index (χ0) is 17.9. The predicted octanol–water partition coefficient (Wildman–Crippen LogP) is 1.15. The number of amides is 1. The minimum atomic E-state index is -3.46. The van der Waals surface area contributed by atoms with Gasteiger partial charge in [0, 0.05) is 32.7 Å². The van der Waals surface area contributed by atoms with Crippen LogP contribution in [0.2, 0.25) is 0 Å². The monoisotopic (exact) mass is 363 g/mol. The van der Waals surface area contributed by atoms with E-state index in [-0.39, 0.29) is 16.6 Å². The first kappa shape index (κ1) is 17.7. The van der Waals surface area contributed by atoms with Crippen molar-refractivity contribution < 1.29 is 17.6 Å². The van der Waals surface area contributed by atoms with Gasteiger partial charge in [-0.1, -0.05) is 12.1 Å². The molecule has 1 aromatic carbocycles. The second kappa shape index (κ2) is 7.38. The summed E-state index contributed by atoms with van der Waals surface area (Å²) in [6.07, 6.45) is 1.44. The van der Waals surface area contributed by atoms with Gasteiger partial charge in [-0.2, -0.15) is 4.31 Å². The molecule has 1 aromatic heterocycles. The average molecular weight is 363 g/mol. The van der Waals surface area contributed by atoms with Gasteiger partial charge in [0.1, 0.15) is 0 Å². The van der Waals surface area contributed by atoms with Gasteiger partial charge in [0.15, 0.2) is 5.76 Å². The van der Waals surface area contributed by atoms with Crippen LogP contribution in [0.25, 0.3) is 0 Å². The molecule has 1 aliphatic rings. The van der Waals surface area contributed by atoms with E-state index in [0.717, 1.165) is 18.7 Å². The fourth-order valence-corrected chi connectivity index (χ4v) is 4.06. The standard InChI is InChI=1S/C17H21N3O4S/c1-19-8-10-20(11-9-19)25(22,23)15-6-4-14(5-7-15)13-18-17(21)16-3-2-12-24-16/h2-7,12H,8-11,13H2,1H3,(H,18,21). The van der Waals surface area contributed by atoms with Crippen molar-refractivity contribution in [3.05, 3.63) is 54.0 Å². The molecular weight excluding hydrogens is 342 g/mol. The van der Waals surface area contributed by atoms with Crippen LogP contribution in [0.15, 0.2) is 52.0 Å². The molecule has 134 valence electrons. The Morgan fingerprint density at radius 1 is 1.12 bits per heavy atom. The van der Waals surface area contributed by atoms with Crippen molar-refractivity contribution in [1.29, 1.82) is 0 Å². The van der Waals surface area contributed by atoms with E-state index in [1.165, 1.54) is 10.6 Å². The summed E-state index contributed by atoms with van der Waals surface area (Å²) in [6, 6.07) is 9.83. The first-order valence-corrected chi connectivity index (χ1v) is 9.50. The highest BCUT2D eigenvalue weighted by Gasteiger charge is 2.27. The fraction of sp³-hybridized carbons (Fsp3) is 0.353. The van der Waals surface area contributed by atoms with Crippen molar-refractivity contribution in [2.24, 2.45) is 0 Å². The second-order valence-corrected chi connectivity index (χ2v) is 7.95. The number of benzene rings is 1. The molecule has 1 saturated heterocycles. The van der Waals surface area contributed by atoms with E-state index >= 15 is 0 Å². The number of piperazine rings is 1. The number of nitrogens with one attached hydrogen (secondary N) is 1. The number of likely N-dealkylation sites (N-methyl/N-ethyl adjacent to an activating group) is 1. The topological polar surface area (TPSA) is 82.9 Å². The van der Waals surface area contributed by atoms with Crippen molar-refractivity contribution in [1.82, 2.24) is 14.5 Å². The summed E-state index contributed by atoms with van der Waals surface area (Å²) in [5, 5.41) is 2.73. The van der Waals surface area contributed by atoms with Crippen LogP contribution in [0.5, 0.6) is 0 Å². The molecule has 0 bridgehead atoms. The number of furan rings is 1. The van der Waals surface area contributed by atoms with Gasteiger partial charge in [0.25, 0.3) is 5.91 Å². The molecule has 1 aliphatic heterocycles. The molecule has 2 heterocycles. The average Bonchev–Trinajstić information content (AvgIpc) is 3.15. The van der Waals surface area contributed by atoms with Gasteiger partial charge in [-0.25, -0.2) is 8.42 Å². The van der Waals surface area contributed by atoms with Crippen LogP contribution in [-0.2, 0) is 16.6 Å². The molecule has 0 atom stereocenters. The minimum absolute atomic E-state index is 0.245. The third-order valence-electron chi connectivity index (χ3n) is 4.22. The fourth-order valence-electron chi connectivity index (χ4n) is 2.63. The lowest BCUT2D eigenvalue weighted by molar-refractivity contribution is 0.0923. The van der Waals surface area contributed by atoms with E-state index < -0.39 is 10.0 Å². The molecule has 0 unspecified atom stereocenters. The summed E-state index contributed by atoms with van der Waals surface area (Å²) >= 11 is 0. The van der Waals surface area contributed by atoms with Crippen molar-refractivity contribution >= 4 is 15.9 Å². The quantitative estimate of drug-likeness (QED) is 0.862. The molecular formula is C17H21N3O4S. The van der Waals surface area contributed by atoms with Gasteiger partial charge in [0.2, 0.25) is 10.0 Å². The highest BCUT2D eigenvalue weighted by atomic mass is 32.2. The van der Waals surface area contributed by atoms with E-state index in [1.54, 1.807) is 36.4 Å². The lowest BCUT2D eigenvalue weighted by atomic mass is 10.2. The Hall–Kier alpha value is -2.16. The molecule has 1 fully saturated rings. The molecule has 25 heavy (non-hydrogen) atoms. The third kappa shape index (κ3) is 4.09. The number of carbonyl (C=O) groups is 1. The van der Waals surface area contributed by atoms with Gasteiger partial charge in [-0.05, 0) is 36.9 Å². The highest BCUT2D eigenvalue weighted by Crippen LogP contribution is 2.18. The third-order valence-corrected chi connectivity index (χ3v) is 6.13. The normalized spacial score (nSPS) is 16.7. The van der Waals surface area contributed by atoms with E-state index in [9.17, 15) is 13.2 Å². The van der Waals surface area contributed by atoms with E-state index in [4.69, 9.17) is 4.42 Å². The molecule has 0 aliphatic carbocycles. The Bertz CT molecular complexity index is 808. The summed E-state index contributed by atoms with van der Waals surface area (Å²) in [5.74, 6) is -0.0617. The summed E-state index contributed by atoms with van der Waals surface area (Å²) in [5.41, 5.74) is 0.817. The Morgan fingerprint density at radius 2 is 1.80 bits per heavy atom.